The van der Waals surface area contributed by atoms with Gasteiger partial charge in [0.05, 0.1) is 12.7 Å². The highest BCUT2D eigenvalue weighted by atomic mass is 127. The molecule has 0 spiro atoms. The summed E-state index contributed by atoms with van der Waals surface area (Å²) in [5, 5.41) is 9.59. The fourth-order valence-corrected chi connectivity index (χ4v) is 3.45. The number of aliphatic imine (C=N–C) groups is 1. The summed E-state index contributed by atoms with van der Waals surface area (Å²) in [5.41, 5.74) is 1.44. The summed E-state index contributed by atoms with van der Waals surface area (Å²) in [6.07, 6.45) is 8.04. The number of hydrogen-bond donors (Lipinski definition) is 3. The highest BCUT2D eigenvalue weighted by Gasteiger charge is 2.15. The molecule has 0 saturated heterocycles. The topological polar surface area (TPSA) is 74.8 Å². The van der Waals surface area contributed by atoms with Crippen LogP contribution in [0.3, 0.4) is 0 Å². The van der Waals surface area contributed by atoms with Crippen LogP contribution in [0.4, 0.5) is 0 Å². The number of hydrogen-bond acceptors (Lipinski definition) is 3. The van der Waals surface area contributed by atoms with E-state index in [1.165, 1.54) is 38.5 Å². The van der Waals surface area contributed by atoms with E-state index < -0.39 is 0 Å². The lowest BCUT2D eigenvalue weighted by Gasteiger charge is -2.20. The Balaban J connectivity index is 0.00000450. The predicted octanol–water partition coefficient (Wildman–Crippen LogP) is 4.24. The smallest absolute Gasteiger partial charge is 0.251 e. The van der Waals surface area contributed by atoms with Gasteiger partial charge < -0.3 is 20.7 Å². The van der Waals surface area contributed by atoms with Crippen LogP contribution in [0.1, 0.15) is 75.2 Å². The molecule has 1 aliphatic carbocycles. The van der Waals surface area contributed by atoms with Gasteiger partial charge in [0, 0.05) is 31.2 Å². The first-order valence-electron chi connectivity index (χ1n) is 10.8. The van der Waals surface area contributed by atoms with Gasteiger partial charge >= 0.3 is 0 Å². The minimum Gasteiger partial charge on any atom is -0.376 e. The maximum absolute atomic E-state index is 12.4. The van der Waals surface area contributed by atoms with Crippen LogP contribution < -0.4 is 16.0 Å². The number of nitrogens with one attached hydrogen (secondary N) is 3. The van der Waals surface area contributed by atoms with E-state index in [0.717, 1.165) is 18.1 Å². The number of amides is 1. The zero-order valence-electron chi connectivity index (χ0n) is 18.9. The molecule has 0 unspecified atom stereocenters. The van der Waals surface area contributed by atoms with Gasteiger partial charge in [-0.3, -0.25) is 9.79 Å². The fraction of sp³-hybridized carbons (Fsp3) is 0.652. The Hall–Kier alpha value is -1.35. The zero-order valence-corrected chi connectivity index (χ0v) is 21.3. The van der Waals surface area contributed by atoms with Crippen LogP contribution in [0.25, 0.3) is 0 Å². The molecular weight excluding hydrogens is 491 g/mol. The second kappa shape index (κ2) is 13.9. The van der Waals surface area contributed by atoms with Crippen LogP contribution in [0.5, 0.6) is 0 Å². The van der Waals surface area contributed by atoms with E-state index in [1.807, 2.05) is 45.0 Å². The average molecular weight is 530 g/mol. The summed E-state index contributed by atoms with van der Waals surface area (Å²) >= 11 is 0. The molecule has 0 aliphatic heterocycles. The monoisotopic (exact) mass is 530 g/mol. The number of nitrogens with zero attached hydrogens (tertiary/aromatic N) is 1. The van der Waals surface area contributed by atoms with Crippen molar-refractivity contribution in [3.05, 3.63) is 35.4 Å². The number of halogens is 1. The number of rotatable bonds is 7. The molecule has 1 aliphatic rings. The summed E-state index contributed by atoms with van der Waals surface area (Å²) in [6.45, 7) is 7.94. The average Bonchev–Trinajstić information content (AvgIpc) is 2.95. The fourth-order valence-electron chi connectivity index (χ4n) is 3.45. The Labute approximate surface area is 199 Å². The van der Waals surface area contributed by atoms with E-state index in [-0.39, 0.29) is 35.4 Å². The molecule has 170 valence electrons. The van der Waals surface area contributed by atoms with Crippen LogP contribution in [0.2, 0.25) is 0 Å². The molecule has 0 radical (unpaired) electrons. The molecule has 0 aromatic heterocycles. The van der Waals surface area contributed by atoms with Gasteiger partial charge in [0.1, 0.15) is 0 Å². The molecule has 1 amide bonds. The molecule has 1 fully saturated rings. The third-order valence-corrected chi connectivity index (χ3v) is 4.91. The van der Waals surface area contributed by atoms with Gasteiger partial charge in [-0.25, -0.2) is 0 Å². The molecule has 6 nitrogen and oxygen atoms in total. The van der Waals surface area contributed by atoms with Crippen molar-refractivity contribution in [2.24, 2.45) is 4.99 Å². The second-order valence-corrected chi connectivity index (χ2v) is 8.74. The molecule has 3 N–H and O–H groups in total. The number of carbonyl (C=O) groups excluding carboxylic acids is 1. The van der Waals surface area contributed by atoms with Crippen molar-refractivity contribution in [3.8, 4) is 0 Å². The molecular formula is C23H39IN4O2. The van der Waals surface area contributed by atoms with E-state index in [1.54, 1.807) is 7.05 Å². The lowest BCUT2D eigenvalue weighted by Crippen LogP contribution is -2.40. The highest BCUT2D eigenvalue weighted by molar-refractivity contribution is 14.0. The molecule has 1 aromatic rings. The van der Waals surface area contributed by atoms with Crippen molar-refractivity contribution < 1.29 is 9.53 Å². The second-order valence-electron chi connectivity index (χ2n) is 8.74. The third kappa shape index (κ3) is 10.6. The number of carbonyl (C=O) groups is 1. The van der Waals surface area contributed by atoms with Crippen LogP contribution in [0, 0.1) is 0 Å². The standard InChI is InChI=1S/C23H38N4O2.HI/c1-23(2,3)27-21(28)19-11-9-10-18(16-19)17-26-22(24-4)25-14-15-29-20-12-7-5-6-8-13-20;/h9-11,16,20H,5-8,12-15,17H2,1-4H3,(H,27,28)(H2,24,25,26);1H. The van der Waals surface area contributed by atoms with Crippen molar-refractivity contribution in [1.82, 2.24) is 16.0 Å². The highest BCUT2D eigenvalue weighted by Crippen LogP contribution is 2.19. The van der Waals surface area contributed by atoms with E-state index in [2.05, 4.69) is 20.9 Å². The Morgan fingerprint density at radius 1 is 1.13 bits per heavy atom. The van der Waals surface area contributed by atoms with E-state index in [9.17, 15) is 4.79 Å². The van der Waals surface area contributed by atoms with Gasteiger partial charge in [0.15, 0.2) is 5.96 Å². The molecule has 7 heteroatoms. The molecule has 2 rings (SSSR count). The zero-order chi connectivity index (χ0) is 21.1. The van der Waals surface area contributed by atoms with Gasteiger partial charge in [0.2, 0.25) is 0 Å². The maximum Gasteiger partial charge on any atom is 0.251 e. The van der Waals surface area contributed by atoms with E-state index in [0.29, 0.717) is 24.8 Å². The van der Waals surface area contributed by atoms with Crippen LogP contribution in [-0.2, 0) is 11.3 Å². The van der Waals surface area contributed by atoms with E-state index in [4.69, 9.17) is 4.74 Å². The summed E-state index contributed by atoms with van der Waals surface area (Å²) < 4.78 is 6.01. The molecule has 1 saturated carbocycles. The minimum absolute atomic E-state index is 0. The first-order valence-corrected chi connectivity index (χ1v) is 10.8. The normalized spacial score (nSPS) is 15.7. The quantitative estimate of drug-likeness (QED) is 0.162. The summed E-state index contributed by atoms with van der Waals surface area (Å²) in [4.78, 5) is 16.6. The van der Waals surface area contributed by atoms with Crippen molar-refractivity contribution >= 4 is 35.8 Å². The van der Waals surface area contributed by atoms with Crippen molar-refractivity contribution in [1.29, 1.82) is 0 Å². The number of ether oxygens (including phenoxy) is 1. The lowest BCUT2D eigenvalue weighted by atomic mass is 10.1. The van der Waals surface area contributed by atoms with Gasteiger partial charge in [0.25, 0.3) is 5.91 Å². The minimum atomic E-state index is -0.254. The third-order valence-electron chi connectivity index (χ3n) is 4.91. The largest absolute Gasteiger partial charge is 0.376 e. The van der Waals surface area contributed by atoms with Gasteiger partial charge in [-0.2, -0.15) is 0 Å². The van der Waals surface area contributed by atoms with Crippen LogP contribution in [-0.4, -0.2) is 43.7 Å². The van der Waals surface area contributed by atoms with Crippen molar-refractivity contribution in [3.63, 3.8) is 0 Å². The molecule has 0 heterocycles. The number of guanidine groups is 1. The Bertz CT molecular complexity index is 665. The Kier molecular flexibility index (Phi) is 12.3. The lowest BCUT2D eigenvalue weighted by molar-refractivity contribution is 0.0468. The molecule has 1 aromatic carbocycles. The van der Waals surface area contributed by atoms with Gasteiger partial charge in [-0.05, 0) is 51.3 Å². The summed E-state index contributed by atoms with van der Waals surface area (Å²) in [7, 11) is 1.76. The van der Waals surface area contributed by atoms with Gasteiger partial charge in [-0.1, -0.05) is 37.8 Å². The Morgan fingerprint density at radius 2 is 1.83 bits per heavy atom. The van der Waals surface area contributed by atoms with Crippen molar-refractivity contribution in [2.45, 2.75) is 77.5 Å². The number of benzene rings is 1. The summed E-state index contributed by atoms with van der Waals surface area (Å²) in [6, 6.07) is 7.66. The first-order chi connectivity index (χ1) is 13.9. The first kappa shape index (κ1) is 26.7. The molecule has 30 heavy (non-hydrogen) atoms. The SMILES string of the molecule is CN=C(NCCOC1CCCCCC1)NCc1cccc(C(=O)NC(C)(C)C)c1.I. The van der Waals surface area contributed by atoms with Crippen LogP contribution >= 0.6 is 24.0 Å². The maximum atomic E-state index is 12.4. The van der Waals surface area contributed by atoms with E-state index >= 15 is 0 Å². The summed E-state index contributed by atoms with van der Waals surface area (Å²) in [5.74, 6) is 0.677. The predicted molar refractivity (Wildman–Crippen MR) is 135 cm³/mol. The Morgan fingerprint density at radius 3 is 2.47 bits per heavy atom. The van der Waals surface area contributed by atoms with Crippen molar-refractivity contribution in [2.75, 3.05) is 20.2 Å². The molecule has 0 atom stereocenters. The van der Waals surface area contributed by atoms with Crippen LogP contribution in [0.15, 0.2) is 29.3 Å². The van der Waals surface area contributed by atoms with Gasteiger partial charge in [-0.15, -0.1) is 24.0 Å². The molecule has 0 bridgehead atoms.